The average molecular weight is 202 g/mol. The maximum absolute atomic E-state index is 12.3. The van der Waals surface area contributed by atoms with E-state index in [1.807, 2.05) is 0 Å². The van der Waals surface area contributed by atoms with Crippen LogP contribution in [-0.4, -0.2) is 23.5 Å². The molecule has 1 aliphatic rings. The van der Waals surface area contributed by atoms with Gasteiger partial charge in [-0.3, -0.25) is 4.79 Å². The summed E-state index contributed by atoms with van der Waals surface area (Å²) in [5, 5.41) is 8.50. The predicted octanol–water partition coefficient (Wildman–Crippen LogP) is 0.867. The van der Waals surface area contributed by atoms with Gasteiger partial charge in [0.05, 0.1) is 5.41 Å². The Labute approximate surface area is 74.3 Å². The lowest BCUT2D eigenvalue weighted by Gasteiger charge is -2.42. The van der Waals surface area contributed by atoms with Crippen LogP contribution in [0.25, 0.3) is 0 Å². The lowest BCUT2D eigenvalue weighted by molar-refractivity contribution is -0.191. The van der Waals surface area contributed by atoms with Crippen LogP contribution < -0.4 is 5.73 Å². The summed E-state index contributed by atoms with van der Waals surface area (Å²) in [6.45, 7) is -0.210. The van der Waals surface area contributed by atoms with Gasteiger partial charge in [-0.2, -0.15) is 0 Å². The molecule has 1 rings (SSSR count). The minimum absolute atomic E-state index is 0. The fraction of sp³-hybridized carbons (Fsp3) is 0.833. The summed E-state index contributed by atoms with van der Waals surface area (Å²) < 4.78 is 24.5. The lowest BCUT2D eigenvalue weighted by Crippen LogP contribution is -2.55. The molecule has 0 atom stereocenters. The molecular weight excluding hydrogens is 192 g/mol. The molecule has 12 heavy (non-hydrogen) atoms. The highest BCUT2D eigenvalue weighted by Gasteiger charge is 2.60. The molecule has 0 heterocycles. The summed E-state index contributed by atoms with van der Waals surface area (Å²) in [7, 11) is 0. The van der Waals surface area contributed by atoms with E-state index in [9.17, 15) is 13.6 Å². The number of hydrogen-bond donors (Lipinski definition) is 2. The highest BCUT2D eigenvalue weighted by Crippen LogP contribution is 2.51. The van der Waals surface area contributed by atoms with Gasteiger partial charge in [-0.25, -0.2) is 8.78 Å². The van der Waals surface area contributed by atoms with E-state index < -0.39 is 30.1 Å². The molecule has 0 aromatic heterocycles. The van der Waals surface area contributed by atoms with Crippen LogP contribution in [0.15, 0.2) is 0 Å². The van der Waals surface area contributed by atoms with E-state index >= 15 is 0 Å². The molecule has 1 saturated carbocycles. The Balaban J connectivity index is 0.00000121. The predicted molar refractivity (Wildman–Crippen MR) is 40.6 cm³/mol. The van der Waals surface area contributed by atoms with Gasteiger partial charge in [0.1, 0.15) is 0 Å². The molecule has 3 nitrogen and oxygen atoms in total. The number of carboxylic acids is 1. The second-order valence-corrected chi connectivity index (χ2v) is 3.00. The number of alkyl halides is 2. The van der Waals surface area contributed by atoms with Gasteiger partial charge in [-0.1, -0.05) is 0 Å². The largest absolute Gasteiger partial charge is 0.481 e. The van der Waals surface area contributed by atoms with Crippen LogP contribution in [0.5, 0.6) is 0 Å². The second kappa shape index (κ2) is 3.14. The van der Waals surface area contributed by atoms with Gasteiger partial charge < -0.3 is 10.8 Å². The molecule has 0 radical (unpaired) electrons. The lowest BCUT2D eigenvalue weighted by atomic mass is 9.66. The number of carboxylic acid groups (broad SMARTS) is 1. The maximum atomic E-state index is 12.3. The molecule has 0 saturated heterocycles. The third-order valence-electron chi connectivity index (χ3n) is 2.04. The highest BCUT2D eigenvalue weighted by atomic mass is 35.5. The number of nitrogens with two attached hydrogens (primary N) is 1. The molecular formula is C6H10ClF2NO2. The molecule has 0 aromatic rings. The summed E-state index contributed by atoms with van der Waals surface area (Å²) in [4.78, 5) is 10.4. The third-order valence-corrected chi connectivity index (χ3v) is 2.04. The molecule has 1 aliphatic carbocycles. The van der Waals surface area contributed by atoms with Gasteiger partial charge in [0, 0.05) is 19.4 Å². The summed E-state index contributed by atoms with van der Waals surface area (Å²) in [5.41, 5.74) is 3.72. The van der Waals surface area contributed by atoms with Crippen LogP contribution in [0.2, 0.25) is 0 Å². The van der Waals surface area contributed by atoms with Crippen molar-refractivity contribution in [2.75, 3.05) is 6.54 Å². The Morgan fingerprint density at radius 3 is 2.00 bits per heavy atom. The van der Waals surface area contributed by atoms with Crippen molar-refractivity contribution >= 4 is 18.4 Å². The van der Waals surface area contributed by atoms with Gasteiger partial charge in [-0.05, 0) is 0 Å². The van der Waals surface area contributed by atoms with Crippen molar-refractivity contribution < 1.29 is 18.7 Å². The molecule has 0 spiro atoms. The maximum Gasteiger partial charge on any atom is 0.311 e. The standard InChI is InChI=1S/C6H9F2NO2.ClH/c7-6(8)1-5(2-6,3-9)4(10)11;/h1-3,9H2,(H,10,11);1H. The van der Waals surface area contributed by atoms with Gasteiger partial charge >= 0.3 is 5.97 Å². The number of carbonyl (C=O) groups is 1. The van der Waals surface area contributed by atoms with Crippen LogP contribution >= 0.6 is 12.4 Å². The first kappa shape index (κ1) is 11.6. The van der Waals surface area contributed by atoms with Crippen molar-refractivity contribution in [2.24, 2.45) is 11.1 Å². The Bertz CT molecular complexity index is 190. The van der Waals surface area contributed by atoms with Gasteiger partial charge in [0.2, 0.25) is 0 Å². The summed E-state index contributed by atoms with van der Waals surface area (Å²) in [5.74, 6) is -4.04. The van der Waals surface area contributed by atoms with E-state index in [1.54, 1.807) is 0 Å². The summed E-state index contributed by atoms with van der Waals surface area (Å²) in [6, 6.07) is 0. The molecule has 6 heteroatoms. The fourth-order valence-electron chi connectivity index (χ4n) is 1.32. The zero-order valence-corrected chi connectivity index (χ0v) is 7.03. The average Bonchev–Trinajstić information content (AvgIpc) is 1.81. The molecule has 1 fully saturated rings. The summed E-state index contributed by atoms with van der Waals surface area (Å²) >= 11 is 0. The Morgan fingerprint density at radius 1 is 1.50 bits per heavy atom. The number of aliphatic carboxylic acids is 1. The molecule has 0 aliphatic heterocycles. The fourth-order valence-corrected chi connectivity index (χ4v) is 1.32. The van der Waals surface area contributed by atoms with Crippen molar-refractivity contribution in [1.29, 1.82) is 0 Å². The first-order valence-corrected chi connectivity index (χ1v) is 3.23. The topological polar surface area (TPSA) is 63.3 Å². The second-order valence-electron chi connectivity index (χ2n) is 3.00. The minimum atomic E-state index is -2.82. The first-order valence-electron chi connectivity index (χ1n) is 3.23. The van der Waals surface area contributed by atoms with E-state index in [4.69, 9.17) is 10.8 Å². The van der Waals surface area contributed by atoms with E-state index in [2.05, 4.69) is 0 Å². The van der Waals surface area contributed by atoms with Crippen LogP contribution in [-0.2, 0) is 4.79 Å². The van der Waals surface area contributed by atoms with E-state index in [1.165, 1.54) is 0 Å². The molecule has 72 valence electrons. The minimum Gasteiger partial charge on any atom is -0.481 e. The van der Waals surface area contributed by atoms with Gasteiger partial charge in [0.15, 0.2) is 0 Å². The smallest absolute Gasteiger partial charge is 0.311 e. The van der Waals surface area contributed by atoms with Crippen molar-refractivity contribution in [1.82, 2.24) is 0 Å². The number of hydrogen-bond acceptors (Lipinski definition) is 2. The van der Waals surface area contributed by atoms with Crippen molar-refractivity contribution in [3.63, 3.8) is 0 Å². The van der Waals surface area contributed by atoms with E-state index in [0.717, 1.165) is 0 Å². The van der Waals surface area contributed by atoms with Gasteiger partial charge in [-0.15, -0.1) is 12.4 Å². The normalized spacial score (nSPS) is 23.6. The van der Waals surface area contributed by atoms with Crippen molar-refractivity contribution in [3.8, 4) is 0 Å². The van der Waals surface area contributed by atoms with Crippen molar-refractivity contribution in [2.45, 2.75) is 18.8 Å². The molecule has 3 N–H and O–H groups in total. The monoisotopic (exact) mass is 201 g/mol. The first-order chi connectivity index (χ1) is 4.92. The molecule has 0 aromatic carbocycles. The van der Waals surface area contributed by atoms with E-state index in [-0.39, 0.29) is 19.0 Å². The molecule has 0 unspecified atom stereocenters. The van der Waals surface area contributed by atoms with Gasteiger partial charge in [0.25, 0.3) is 5.92 Å². The van der Waals surface area contributed by atoms with Crippen LogP contribution in [0.4, 0.5) is 8.78 Å². The van der Waals surface area contributed by atoms with Crippen molar-refractivity contribution in [3.05, 3.63) is 0 Å². The SMILES string of the molecule is Cl.NCC1(C(=O)O)CC(F)(F)C1. The molecule has 0 amide bonds. The summed E-state index contributed by atoms with van der Waals surface area (Å²) in [6.07, 6.45) is -1.24. The Kier molecular flexibility index (Phi) is 3.03. The zero-order valence-electron chi connectivity index (χ0n) is 6.22. The molecule has 0 bridgehead atoms. The van der Waals surface area contributed by atoms with Crippen LogP contribution in [0.3, 0.4) is 0 Å². The Morgan fingerprint density at radius 2 is 1.92 bits per heavy atom. The van der Waals surface area contributed by atoms with Crippen LogP contribution in [0, 0.1) is 5.41 Å². The van der Waals surface area contributed by atoms with E-state index in [0.29, 0.717) is 0 Å². The number of halogens is 3. The number of rotatable bonds is 2. The third kappa shape index (κ3) is 1.67. The van der Waals surface area contributed by atoms with Crippen LogP contribution in [0.1, 0.15) is 12.8 Å². The zero-order chi connectivity index (χ0) is 8.70. The Hall–Kier alpha value is -0.420. The quantitative estimate of drug-likeness (QED) is 0.697. The highest BCUT2D eigenvalue weighted by molar-refractivity contribution is 5.85.